The Balaban J connectivity index is 1.79. The SMILES string of the molecule is Cn1cnnc1CSC(C)(C)[C@H](C(N)=O)N(O)S(=O)(=O)c1ccc(Oc2ccc(Br)cc2)cc1. The summed E-state index contributed by atoms with van der Waals surface area (Å²) in [6.45, 7) is 3.24. The first-order valence-corrected chi connectivity index (χ1v) is 13.2. The Morgan fingerprint density at radius 1 is 1.21 bits per heavy atom. The molecule has 1 heterocycles. The Hall–Kier alpha value is -2.45. The van der Waals surface area contributed by atoms with Gasteiger partial charge in [-0.05, 0) is 62.4 Å². The highest BCUT2D eigenvalue weighted by Gasteiger charge is 2.44. The van der Waals surface area contributed by atoms with Gasteiger partial charge in [0.05, 0.1) is 10.6 Å². The molecule has 0 unspecified atom stereocenters. The van der Waals surface area contributed by atoms with Gasteiger partial charge in [-0.2, -0.15) is 0 Å². The standard InChI is InChI=1S/C21H24BrN5O5S2/c1-21(2,33-12-18-25-24-13-26(18)3)19(20(23)28)27(29)34(30,31)17-10-8-16(9-11-17)32-15-6-4-14(22)5-7-15/h4-11,13,19,29H,12H2,1-3H3,(H2,23,28)/t19-/m0/s1. The van der Waals surface area contributed by atoms with E-state index in [-0.39, 0.29) is 9.36 Å². The number of nitrogens with zero attached hydrogens (tertiary/aromatic N) is 4. The predicted octanol–water partition coefficient (Wildman–Crippen LogP) is 3.32. The molecule has 0 aliphatic carbocycles. The molecule has 0 radical (unpaired) electrons. The van der Waals surface area contributed by atoms with E-state index in [4.69, 9.17) is 10.5 Å². The van der Waals surface area contributed by atoms with Gasteiger partial charge in [-0.1, -0.05) is 20.4 Å². The van der Waals surface area contributed by atoms with Crippen LogP contribution in [0.5, 0.6) is 11.5 Å². The van der Waals surface area contributed by atoms with Gasteiger partial charge < -0.3 is 15.0 Å². The number of benzene rings is 2. The van der Waals surface area contributed by atoms with E-state index < -0.39 is 26.7 Å². The first-order valence-electron chi connectivity index (χ1n) is 9.95. The molecule has 1 amide bonds. The number of rotatable bonds is 10. The molecular weight excluding hydrogens is 546 g/mol. The first kappa shape index (κ1) is 26.2. The van der Waals surface area contributed by atoms with Crippen LogP contribution in [0.2, 0.25) is 0 Å². The van der Waals surface area contributed by atoms with Gasteiger partial charge in [-0.3, -0.25) is 10.0 Å². The highest BCUT2D eigenvalue weighted by atomic mass is 79.9. The van der Waals surface area contributed by atoms with Gasteiger partial charge in [0.25, 0.3) is 10.0 Å². The van der Waals surface area contributed by atoms with Crippen molar-refractivity contribution in [3.05, 3.63) is 65.2 Å². The molecule has 0 fully saturated rings. The van der Waals surface area contributed by atoms with Crippen molar-refractivity contribution in [1.82, 2.24) is 19.2 Å². The van der Waals surface area contributed by atoms with Crippen LogP contribution in [0, 0.1) is 0 Å². The van der Waals surface area contributed by atoms with Crippen molar-refractivity contribution in [1.29, 1.82) is 0 Å². The minimum Gasteiger partial charge on any atom is -0.457 e. The number of primary amides is 1. The molecule has 0 aliphatic rings. The van der Waals surface area contributed by atoms with Crippen LogP contribution in [0.1, 0.15) is 19.7 Å². The first-order chi connectivity index (χ1) is 15.9. The Morgan fingerprint density at radius 3 is 2.26 bits per heavy atom. The van der Waals surface area contributed by atoms with Crippen molar-refractivity contribution >= 4 is 43.6 Å². The van der Waals surface area contributed by atoms with E-state index in [1.165, 1.54) is 42.4 Å². The van der Waals surface area contributed by atoms with Gasteiger partial charge in [-0.15, -0.1) is 22.0 Å². The zero-order valence-corrected chi connectivity index (χ0v) is 21.8. The molecule has 1 aromatic heterocycles. The third kappa shape index (κ3) is 5.96. The number of ether oxygens (including phenoxy) is 1. The summed E-state index contributed by atoms with van der Waals surface area (Å²) in [7, 11) is -2.70. The number of hydrogen-bond acceptors (Lipinski definition) is 8. The van der Waals surface area contributed by atoms with E-state index in [0.29, 0.717) is 23.1 Å². The number of hydrogen-bond donors (Lipinski definition) is 2. The van der Waals surface area contributed by atoms with Crippen LogP contribution in [-0.2, 0) is 27.6 Å². The molecule has 0 spiro atoms. The van der Waals surface area contributed by atoms with Crippen molar-refractivity contribution in [2.75, 3.05) is 0 Å². The van der Waals surface area contributed by atoms with Crippen LogP contribution in [-0.4, -0.2) is 49.6 Å². The molecule has 0 bridgehead atoms. The molecule has 10 nitrogen and oxygen atoms in total. The van der Waals surface area contributed by atoms with Crippen LogP contribution in [0.4, 0.5) is 0 Å². The largest absolute Gasteiger partial charge is 0.457 e. The molecule has 3 aromatic rings. The van der Waals surface area contributed by atoms with Crippen molar-refractivity contribution < 1.29 is 23.2 Å². The van der Waals surface area contributed by atoms with E-state index in [0.717, 1.165) is 4.47 Å². The lowest BCUT2D eigenvalue weighted by atomic mass is 10.0. The molecule has 182 valence electrons. The molecule has 3 rings (SSSR count). The van der Waals surface area contributed by atoms with Crippen LogP contribution < -0.4 is 10.5 Å². The zero-order chi connectivity index (χ0) is 25.1. The Bertz CT molecular complexity index is 1250. The molecule has 13 heteroatoms. The second kappa shape index (κ2) is 10.4. The number of halogens is 1. The molecular formula is C21H24BrN5O5S2. The molecule has 34 heavy (non-hydrogen) atoms. The van der Waals surface area contributed by atoms with E-state index in [9.17, 15) is 18.4 Å². The van der Waals surface area contributed by atoms with Crippen molar-refractivity contribution in [2.45, 2.75) is 35.3 Å². The maximum atomic E-state index is 13.1. The number of hydroxylamine groups is 1. The maximum absolute atomic E-state index is 13.1. The highest BCUT2D eigenvalue weighted by molar-refractivity contribution is 9.10. The Kier molecular flexibility index (Phi) is 8.03. The van der Waals surface area contributed by atoms with Gasteiger partial charge in [0.2, 0.25) is 5.91 Å². The zero-order valence-electron chi connectivity index (χ0n) is 18.6. The predicted molar refractivity (Wildman–Crippen MR) is 131 cm³/mol. The fraction of sp³-hybridized carbons (Fsp3) is 0.286. The average Bonchev–Trinajstić information content (AvgIpc) is 3.18. The summed E-state index contributed by atoms with van der Waals surface area (Å²) >= 11 is 4.56. The fourth-order valence-corrected chi connectivity index (χ4v) is 5.86. The number of sulfonamides is 1. The van der Waals surface area contributed by atoms with Crippen LogP contribution in [0.15, 0.2) is 64.2 Å². The Morgan fingerprint density at radius 2 is 1.76 bits per heavy atom. The molecule has 2 aromatic carbocycles. The molecule has 0 aliphatic heterocycles. The number of amides is 1. The summed E-state index contributed by atoms with van der Waals surface area (Å²) in [5, 5.41) is 18.5. The van der Waals surface area contributed by atoms with Crippen LogP contribution in [0.3, 0.4) is 0 Å². The number of nitrogens with two attached hydrogens (primary N) is 1. The third-order valence-corrected chi connectivity index (χ3v) is 8.41. The summed E-state index contributed by atoms with van der Waals surface area (Å²) < 4.78 is 33.4. The van der Waals surface area contributed by atoms with Crippen molar-refractivity contribution in [2.24, 2.45) is 12.8 Å². The van der Waals surface area contributed by atoms with Crippen LogP contribution >= 0.6 is 27.7 Å². The number of carbonyl (C=O) groups excluding carboxylic acids is 1. The lowest BCUT2D eigenvalue weighted by Crippen LogP contribution is -2.55. The lowest BCUT2D eigenvalue weighted by Gasteiger charge is -2.35. The quantitative estimate of drug-likeness (QED) is 0.354. The average molecular weight is 570 g/mol. The number of aryl methyl sites for hydroxylation is 1. The van der Waals surface area contributed by atoms with Gasteiger partial charge in [0, 0.05) is 16.3 Å². The van der Waals surface area contributed by atoms with Gasteiger partial charge >= 0.3 is 0 Å². The summed E-state index contributed by atoms with van der Waals surface area (Å²) in [5.74, 6) is 0.921. The van der Waals surface area contributed by atoms with Gasteiger partial charge in [0.15, 0.2) is 0 Å². The van der Waals surface area contributed by atoms with E-state index >= 15 is 0 Å². The maximum Gasteiger partial charge on any atom is 0.265 e. The smallest absolute Gasteiger partial charge is 0.265 e. The minimum atomic E-state index is -4.46. The number of carbonyl (C=O) groups is 1. The normalized spacial score (nSPS) is 13.1. The topological polar surface area (TPSA) is 141 Å². The molecule has 1 atom stereocenters. The summed E-state index contributed by atoms with van der Waals surface area (Å²) in [6, 6.07) is 11.1. The van der Waals surface area contributed by atoms with Gasteiger partial charge in [-0.25, -0.2) is 8.42 Å². The summed E-state index contributed by atoms with van der Waals surface area (Å²) in [4.78, 5) is 12.0. The number of thioether (sulfide) groups is 1. The second-order valence-corrected chi connectivity index (χ2v) is 12.2. The summed E-state index contributed by atoms with van der Waals surface area (Å²) in [5.41, 5.74) is 5.52. The Labute approximate surface area is 210 Å². The second-order valence-electron chi connectivity index (χ2n) is 7.86. The van der Waals surface area contributed by atoms with E-state index in [1.54, 1.807) is 37.6 Å². The van der Waals surface area contributed by atoms with Gasteiger partial charge in [0.1, 0.15) is 29.7 Å². The lowest BCUT2D eigenvalue weighted by molar-refractivity contribution is -0.132. The van der Waals surface area contributed by atoms with Crippen LogP contribution in [0.25, 0.3) is 0 Å². The fourth-order valence-electron chi connectivity index (χ4n) is 3.05. The molecule has 0 saturated carbocycles. The third-order valence-electron chi connectivity index (χ3n) is 4.94. The van der Waals surface area contributed by atoms with Crippen molar-refractivity contribution in [3.63, 3.8) is 0 Å². The van der Waals surface area contributed by atoms with E-state index in [1.807, 2.05) is 12.1 Å². The summed E-state index contributed by atoms with van der Waals surface area (Å²) in [6.07, 6.45) is 1.53. The van der Waals surface area contributed by atoms with Crippen molar-refractivity contribution in [3.8, 4) is 11.5 Å². The molecule has 0 saturated heterocycles. The van der Waals surface area contributed by atoms with E-state index in [2.05, 4.69) is 26.1 Å². The molecule has 3 N–H and O–H groups in total. The highest BCUT2D eigenvalue weighted by Crippen LogP contribution is 2.35. The number of aromatic nitrogens is 3. The monoisotopic (exact) mass is 569 g/mol. The minimum absolute atomic E-state index is 0.0313.